The minimum Gasteiger partial charge on any atom is -0.492 e. The molecule has 24 heavy (non-hydrogen) atoms. The van der Waals surface area contributed by atoms with Gasteiger partial charge in [-0.2, -0.15) is 4.68 Å². The van der Waals surface area contributed by atoms with E-state index >= 15 is 0 Å². The molecule has 128 valence electrons. The third kappa shape index (κ3) is 4.22. The van der Waals surface area contributed by atoms with Crippen LogP contribution in [0.2, 0.25) is 0 Å². The molecule has 0 aliphatic rings. The molecule has 10 heteroatoms. The lowest BCUT2D eigenvalue weighted by atomic mass is 10.3. The zero-order valence-corrected chi connectivity index (χ0v) is 14.3. The molecule has 1 atom stereocenters. The molecule has 0 radical (unpaired) electrons. The van der Waals surface area contributed by atoms with E-state index in [-0.39, 0.29) is 0 Å². The molecule has 1 aromatic heterocycles. The Morgan fingerprint density at radius 1 is 1.38 bits per heavy atom. The van der Waals surface area contributed by atoms with Crippen molar-refractivity contribution in [3.8, 4) is 11.4 Å². The second kappa shape index (κ2) is 8.29. The van der Waals surface area contributed by atoms with Crippen molar-refractivity contribution in [1.29, 1.82) is 0 Å². The van der Waals surface area contributed by atoms with Gasteiger partial charge in [-0.1, -0.05) is 23.9 Å². The molecular formula is C14H18N6O3S. The highest BCUT2D eigenvalue weighted by Gasteiger charge is 2.21. The van der Waals surface area contributed by atoms with Gasteiger partial charge in [0.25, 0.3) is 0 Å². The molecule has 0 fully saturated rings. The number of hydrogen-bond donors (Lipinski definition) is 2. The summed E-state index contributed by atoms with van der Waals surface area (Å²) in [5, 5.41) is 16.0. The van der Waals surface area contributed by atoms with Crippen molar-refractivity contribution >= 4 is 23.7 Å². The first-order valence-electron chi connectivity index (χ1n) is 7.26. The number of tetrazole rings is 1. The van der Waals surface area contributed by atoms with Crippen LogP contribution in [0.4, 0.5) is 4.79 Å². The van der Waals surface area contributed by atoms with Crippen LogP contribution in [0.1, 0.15) is 13.8 Å². The Balaban J connectivity index is 2.19. The number of rotatable bonds is 6. The maximum absolute atomic E-state index is 12.0. The van der Waals surface area contributed by atoms with Gasteiger partial charge >= 0.3 is 6.03 Å². The number of benzene rings is 1. The van der Waals surface area contributed by atoms with E-state index in [1.165, 1.54) is 11.7 Å². The molecular weight excluding hydrogens is 332 g/mol. The second-order valence-corrected chi connectivity index (χ2v) is 5.91. The number of carbonyl (C=O) groups is 2. The molecule has 1 heterocycles. The molecule has 0 saturated heterocycles. The Morgan fingerprint density at radius 2 is 2.12 bits per heavy atom. The number of nitrogens with zero attached hydrogens (tertiary/aromatic N) is 4. The normalized spacial score (nSPS) is 11.6. The maximum Gasteiger partial charge on any atom is 0.321 e. The van der Waals surface area contributed by atoms with Gasteiger partial charge in [-0.25, -0.2) is 4.79 Å². The van der Waals surface area contributed by atoms with Crippen LogP contribution >= 0.6 is 11.8 Å². The SMILES string of the molecule is CCOc1ccccc1-n1nnnc1SC(C)C(=O)NC(=O)NC. The van der Waals surface area contributed by atoms with E-state index < -0.39 is 17.2 Å². The van der Waals surface area contributed by atoms with Gasteiger partial charge in [-0.15, -0.1) is 5.10 Å². The minimum atomic E-state index is -0.564. The molecule has 9 nitrogen and oxygen atoms in total. The molecule has 0 aliphatic heterocycles. The molecule has 0 bridgehead atoms. The summed E-state index contributed by atoms with van der Waals surface area (Å²) in [6.45, 7) is 4.06. The molecule has 1 unspecified atom stereocenters. The summed E-state index contributed by atoms with van der Waals surface area (Å²) in [5.74, 6) is 0.198. The molecule has 0 aliphatic carbocycles. The predicted octanol–water partition coefficient (Wildman–Crippen LogP) is 0.997. The summed E-state index contributed by atoms with van der Waals surface area (Å²) in [6.07, 6.45) is 0. The lowest BCUT2D eigenvalue weighted by molar-refractivity contribution is -0.119. The van der Waals surface area contributed by atoms with Crippen LogP contribution in [0, 0.1) is 0 Å². The van der Waals surface area contributed by atoms with Gasteiger partial charge < -0.3 is 10.1 Å². The number of carbonyl (C=O) groups excluding carboxylic acids is 2. The highest BCUT2D eigenvalue weighted by atomic mass is 32.2. The Kier molecular flexibility index (Phi) is 6.13. The maximum atomic E-state index is 12.0. The highest BCUT2D eigenvalue weighted by molar-refractivity contribution is 8.00. The fraction of sp³-hybridized carbons (Fsp3) is 0.357. The number of ether oxygens (including phenoxy) is 1. The summed E-state index contributed by atoms with van der Waals surface area (Å²) in [5.41, 5.74) is 0.672. The first kappa shape index (κ1) is 17.7. The van der Waals surface area contributed by atoms with Gasteiger partial charge in [-0.3, -0.25) is 10.1 Å². The topological polar surface area (TPSA) is 111 Å². The second-order valence-electron chi connectivity index (χ2n) is 4.60. The number of aromatic nitrogens is 4. The van der Waals surface area contributed by atoms with Crippen LogP contribution in [0.3, 0.4) is 0 Å². The van der Waals surface area contributed by atoms with Crippen LogP contribution in [-0.4, -0.2) is 51.1 Å². The molecule has 0 spiro atoms. The average Bonchev–Trinajstić information content (AvgIpc) is 3.03. The number of para-hydroxylation sites is 2. The van der Waals surface area contributed by atoms with E-state index in [1.54, 1.807) is 6.92 Å². The van der Waals surface area contributed by atoms with Gasteiger partial charge in [0.2, 0.25) is 11.1 Å². The van der Waals surface area contributed by atoms with E-state index in [2.05, 4.69) is 26.2 Å². The minimum absolute atomic E-state index is 0.418. The van der Waals surface area contributed by atoms with Gasteiger partial charge in [-0.05, 0) is 36.4 Å². The van der Waals surface area contributed by atoms with Crippen LogP contribution in [-0.2, 0) is 4.79 Å². The summed E-state index contributed by atoms with van der Waals surface area (Å²) in [6, 6.07) is 6.77. The number of thioether (sulfide) groups is 1. The van der Waals surface area contributed by atoms with Crippen molar-refractivity contribution in [3.63, 3.8) is 0 Å². The van der Waals surface area contributed by atoms with Crippen molar-refractivity contribution in [2.45, 2.75) is 24.3 Å². The first-order chi connectivity index (χ1) is 11.6. The monoisotopic (exact) mass is 350 g/mol. The standard InChI is InChI=1S/C14H18N6O3S/c1-4-23-11-8-6-5-7-10(11)20-14(17-18-19-20)24-9(2)12(21)16-13(22)15-3/h5-9H,4H2,1-3H3,(H2,15,16,21,22). The molecule has 0 saturated carbocycles. The fourth-order valence-electron chi connectivity index (χ4n) is 1.80. The van der Waals surface area contributed by atoms with Gasteiger partial charge in [0.05, 0.1) is 11.9 Å². The largest absolute Gasteiger partial charge is 0.492 e. The third-order valence-electron chi connectivity index (χ3n) is 2.95. The summed E-state index contributed by atoms with van der Waals surface area (Å²) < 4.78 is 7.08. The van der Waals surface area contributed by atoms with E-state index in [1.807, 2.05) is 31.2 Å². The van der Waals surface area contributed by atoms with Gasteiger partial charge in [0.15, 0.2) is 0 Å². The van der Waals surface area contributed by atoms with E-state index in [0.29, 0.717) is 23.2 Å². The summed E-state index contributed by atoms with van der Waals surface area (Å²) >= 11 is 1.14. The Morgan fingerprint density at radius 3 is 2.83 bits per heavy atom. The van der Waals surface area contributed by atoms with Crippen molar-refractivity contribution < 1.29 is 14.3 Å². The molecule has 2 rings (SSSR count). The van der Waals surface area contributed by atoms with E-state index in [4.69, 9.17) is 4.74 Å². The van der Waals surface area contributed by atoms with Crippen LogP contribution < -0.4 is 15.4 Å². The molecule has 3 amide bonds. The Labute approximate surface area is 143 Å². The van der Waals surface area contributed by atoms with Crippen molar-refractivity contribution in [2.75, 3.05) is 13.7 Å². The lowest BCUT2D eigenvalue weighted by Crippen LogP contribution is -2.41. The summed E-state index contributed by atoms with van der Waals surface area (Å²) in [7, 11) is 1.44. The average molecular weight is 350 g/mol. The molecule has 1 aromatic carbocycles. The van der Waals surface area contributed by atoms with Crippen LogP contribution in [0.5, 0.6) is 5.75 Å². The third-order valence-corrected chi connectivity index (χ3v) is 3.98. The molecule has 2 N–H and O–H groups in total. The van der Waals surface area contributed by atoms with Crippen molar-refractivity contribution in [2.24, 2.45) is 0 Å². The Bertz CT molecular complexity index is 720. The zero-order chi connectivity index (χ0) is 17.5. The highest BCUT2D eigenvalue weighted by Crippen LogP contribution is 2.27. The molecule has 2 aromatic rings. The number of urea groups is 1. The van der Waals surface area contributed by atoms with Crippen LogP contribution in [0.15, 0.2) is 29.4 Å². The van der Waals surface area contributed by atoms with E-state index in [0.717, 1.165) is 11.8 Å². The number of hydrogen-bond acceptors (Lipinski definition) is 7. The van der Waals surface area contributed by atoms with Crippen LogP contribution in [0.25, 0.3) is 5.69 Å². The predicted molar refractivity (Wildman–Crippen MR) is 88.2 cm³/mol. The van der Waals surface area contributed by atoms with E-state index in [9.17, 15) is 9.59 Å². The summed E-state index contributed by atoms with van der Waals surface area (Å²) in [4.78, 5) is 23.2. The number of nitrogens with one attached hydrogen (secondary N) is 2. The Hall–Kier alpha value is -2.62. The number of amides is 3. The van der Waals surface area contributed by atoms with Crippen molar-refractivity contribution in [3.05, 3.63) is 24.3 Å². The van der Waals surface area contributed by atoms with Gasteiger partial charge in [0, 0.05) is 7.05 Å². The lowest BCUT2D eigenvalue weighted by Gasteiger charge is -2.12. The van der Waals surface area contributed by atoms with Crippen molar-refractivity contribution in [1.82, 2.24) is 30.8 Å². The fourth-order valence-corrected chi connectivity index (χ4v) is 2.60. The first-order valence-corrected chi connectivity index (χ1v) is 8.14. The van der Waals surface area contributed by atoms with Gasteiger partial charge in [0.1, 0.15) is 11.4 Å². The smallest absolute Gasteiger partial charge is 0.321 e. The number of imide groups is 1. The quantitative estimate of drug-likeness (QED) is 0.748. The zero-order valence-electron chi connectivity index (χ0n) is 13.5.